The molecule has 1 heterocycles. The summed E-state index contributed by atoms with van der Waals surface area (Å²) in [6.07, 6.45) is -0.381. The van der Waals surface area contributed by atoms with Crippen molar-refractivity contribution in [3.05, 3.63) is 11.3 Å². The van der Waals surface area contributed by atoms with Crippen molar-refractivity contribution in [1.29, 1.82) is 0 Å². The van der Waals surface area contributed by atoms with Crippen LogP contribution < -0.4 is 0 Å². The molecule has 0 bridgehead atoms. The van der Waals surface area contributed by atoms with Crippen molar-refractivity contribution in [2.45, 2.75) is 26.0 Å². The molecular formula is C9H17NO2. The molecule has 0 aromatic heterocycles. The molecule has 0 aliphatic carbocycles. The fourth-order valence-electron chi connectivity index (χ4n) is 1.34. The Labute approximate surface area is 73.6 Å². The zero-order chi connectivity index (χ0) is 9.30. The molecule has 1 rings (SSSR count). The Balaban J connectivity index is 2.76. The summed E-state index contributed by atoms with van der Waals surface area (Å²) in [5.74, 6) is 0.862. The van der Waals surface area contributed by atoms with Crippen molar-refractivity contribution in [2.24, 2.45) is 0 Å². The molecule has 0 radical (unpaired) electrons. The molecule has 0 spiro atoms. The minimum atomic E-state index is -0.381. The highest BCUT2D eigenvalue weighted by Gasteiger charge is 2.28. The van der Waals surface area contributed by atoms with Crippen LogP contribution in [0.1, 0.15) is 13.8 Å². The van der Waals surface area contributed by atoms with E-state index in [4.69, 9.17) is 4.74 Å². The van der Waals surface area contributed by atoms with Gasteiger partial charge in [-0.05, 0) is 33.5 Å². The number of likely N-dealkylation sites (N-methyl/N-ethyl adjacent to an activating group) is 1. The van der Waals surface area contributed by atoms with E-state index in [9.17, 15) is 5.11 Å². The van der Waals surface area contributed by atoms with Crippen molar-refractivity contribution in [3.8, 4) is 0 Å². The predicted octanol–water partition coefficient (Wildman–Crippen LogP) is 0.602. The SMILES string of the molecule is CC1=C(C)[C@@H](O)[C@@H](N(C)C)CO1. The maximum atomic E-state index is 9.80. The van der Waals surface area contributed by atoms with Gasteiger partial charge in [0.1, 0.15) is 6.61 Å². The summed E-state index contributed by atoms with van der Waals surface area (Å²) >= 11 is 0. The average molecular weight is 171 g/mol. The van der Waals surface area contributed by atoms with Crippen LogP contribution >= 0.6 is 0 Å². The van der Waals surface area contributed by atoms with Crippen molar-refractivity contribution in [3.63, 3.8) is 0 Å². The van der Waals surface area contributed by atoms with Crippen LogP contribution in [0.25, 0.3) is 0 Å². The van der Waals surface area contributed by atoms with Gasteiger partial charge in [0.05, 0.1) is 17.9 Å². The molecule has 2 atom stereocenters. The van der Waals surface area contributed by atoms with Gasteiger partial charge in [0.25, 0.3) is 0 Å². The van der Waals surface area contributed by atoms with Gasteiger partial charge in [0, 0.05) is 0 Å². The number of rotatable bonds is 1. The van der Waals surface area contributed by atoms with Crippen molar-refractivity contribution in [1.82, 2.24) is 4.90 Å². The molecule has 12 heavy (non-hydrogen) atoms. The average Bonchev–Trinajstić information content (AvgIpc) is 2.00. The first-order valence-corrected chi connectivity index (χ1v) is 4.18. The number of nitrogens with zero attached hydrogens (tertiary/aromatic N) is 1. The molecular weight excluding hydrogens is 154 g/mol. The molecule has 0 aromatic carbocycles. The zero-order valence-electron chi connectivity index (χ0n) is 8.16. The quantitative estimate of drug-likeness (QED) is 0.627. The third-order valence-corrected chi connectivity index (χ3v) is 2.50. The van der Waals surface area contributed by atoms with Crippen molar-refractivity contribution < 1.29 is 9.84 Å². The molecule has 0 unspecified atom stereocenters. The number of aliphatic hydroxyl groups excluding tert-OH is 1. The van der Waals surface area contributed by atoms with Crippen LogP contribution in [-0.4, -0.2) is 42.9 Å². The van der Waals surface area contributed by atoms with Crippen LogP contribution in [0.5, 0.6) is 0 Å². The molecule has 1 aliphatic rings. The highest BCUT2D eigenvalue weighted by molar-refractivity contribution is 5.15. The molecule has 3 nitrogen and oxygen atoms in total. The third kappa shape index (κ3) is 1.62. The lowest BCUT2D eigenvalue weighted by molar-refractivity contribution is 0.0210. The van der Waals surface area contributed by atoms with Gasteiger partial charge in [0.15, 0.2) is 0 Å². The Bertz CT molecular complexity index is 199. The van der Waals surface area contributed by atoms with E-state index in [2.05, 4.69) is 0 Å². The largest absolute Gasteiger partial charge is 0.496 e. The van der Waals surface area contributed by atoms with Crippen molar-refractivity contribution >= 4 is 0 Å². The Morgan fingerprint density at radius 3 is 2.50 bits per heavy atom. The summed E-state index contributed by atoms with van der Waals surface area (Å²) < 4.78 is 5.41. The Hall–Kier alpha value is -0.540. The van der Waals surface area contributed by atoms with E-state index in [0.29, 0.717) is 6.61 Å². The molecule has 0 fully saturated rings. The van der Waals surface area contributed by atoms with Gasteiger partial charge in [-0.1, -0.05) is 0 Å². The van der Waals surface area contributed by atoms with Gasteiger partial charge in [-0.25, -0.2) is 0 Å². The second-order valence-corrected chi connectivity index (χ2v) is 3.53. The van der Waals surface area contributed by atoms with E-state index in [0.717, 1.165) is 11.3 Å². The maximum Gasteiger partial charge on any atom is 0.106 e. The van der Waals surface area contributed by atoms with Crippen LogP contribution in [0.15, 0.2) is 11.3 Å². The van der Waals surface area contributed by atoms with Gasteiger partial charge >= 0.3 is 0 Å². The molecule has 1 N–H and O–H groups in total. The Kier molecular flexibility index (Phi) is 2.75. The Morgan fingerprint density at radius 1 is 1.42 bits per heavy atom. The predicted molar refractivity (Wildman–Crippen MR) is 47.8 cm³/mol. The second kappa shape index (κ2) is 3.46. The van der Waals surface area contributed by atoms with Crippen molar-refractivity contribution in [2.75, 3.05) is 20.7 Å². The number of allylic oxidation sites excluding steroid dienone is 1. The van der Waals surface area contributed by atoms with E-state index in [1.54, 1.807) is 0 Å². The third-order valence-electron chi connectivity index (χ3n) is 2.50. The highest BCUT2D eigenvalue weighted by atomic mass is 16.5. The monoisotopic (exact) mass is 171 g/mol. The lowest BCUT2D eigenvalue weighted by atomic mass is 10.0. The van der Waals surface area contributed by atoms with Gasteiger partial charge < -0.3 is 14.7 Å². The van der Waals surface area contributed by atoms with Crippen LogP contribution in [0.3, 0.4) is 0 Å². The molecule has 0 aromatic rings. The van der Waals surface area contributed by atoms with E-state index >= 15 is 0 Å². The van der Waals surface area contributed by atoms with Gasteiger partial charge in [-0.3, -0.25) is 0 Å². The molecule has 3 heteroatoms. The molecule has 0 saturated heterocycles. The number of hydrogen-bond acceptors (Lipinski definition) is 3. The number of ether oxygens (including phenoxy) is 1. The normalized spacial score (nSPS) is 30.8. The Morgan fingerprint density at radius 2 is 2.00 bits per heavy atom. The lowest BCUT2D eigenvalue weighted by Crippen LogP contribution is -2.45. The minimum Gasteiger partial charge on any atom is -0.496 e. The fraction of sp³-hybridized carbons (Fsp3) is 0.778. The highest BCUT2D eigenvalue weighted by Crippen LogP contribution is 2.21. The van der Waals surface area contributed by atoms with Crippen LogP contribution in [-0.2, 0) is 4.74 Å². The van der Waals surface area contributed by atoms with Crippen LogP contribution in [0.2, 0.25) is 0 Å². The summed E-state index contributed by atoms with van der Waals surface area (Å²) in [5, 5.41) is 9.80. The van der Waals surface area contributed by atoms with Crippen LogP contribution in [0, 0.1) is 0 Å². The number of aliphatic hydroxyl groups is 1. The first kappa shape index (κ1) is 9.55. The van der Waals surface area contributed by atoms with Gasteiger partial charge in [-0.15, -0.1) is 0 Å². The van der Waals surface area contributed by atoms with E-state index in [-0.39, 0.29) is 12.1 Å². The first-order valence-electron chi connectivity index (χ1n) is 4.18. The van der Waals surface area contributed by atoms with Crippen LogP contribution in [0.4, 0.5) is 0 Å². The molecule has 0 amide bonds. The fourth-order valence-corrected chi connectivity index (χ4v) is 1.34. The summed E-state index contributed by atoms with van der Waals surface area (Å²) in [5.41, 5.74) is 0.944. The smallest absolute Gasteiger partial charge is 0.106 e. The summed E-state index contributed by atoms with van der Waals surface area (Å²) in [4.78, 5) is 1.99. The van der Waals surface area contributed by atoms with Gasteiger partial charge in [-0.2, -0.15) is 0 Å². The summed E-state index contributed by atoms with van der Waals surface area (Å²) in [7, 11) is 3.90. The topological polar surface area (TPSA) is 32.7 Å². The summed E-state index contributed by atoms with van der Waals surface area (Å²) in [6, 6.07) is 0.0914. The standard InChI is InChI=1S/C9H17NO2/c1-6-7(2)12-5-8(9(6)11)10(3)4/h8-9,11H,5H2,1-4H3/t8-,9+/m0/s1. The zero-order valence-corrected chi connectivity index (χ0v) is 8.16. The van der Waals surface area contributed by atoms with E-state index in [1.165, 1.54) is 0 Å². The minimum absolute atomic E-state index is 0.0914. The van der Waals surface area contributed by atoms with E-state index in [1.807, 2.05) is 32.8 Å². The lowest BCUT2D eigenvalue weighted by Gasteiger charge is -2.34. The molecule has 70 valence electrons. The van der Waals surface area contributed by atoms with E-state index < -0.39 is 0 Å². The summed E-state index contributed by atoms with van der Waals surface area (Å²) in [6.45, 7) is 4.39. The second-order valence-electron chi connectivity index (χ2n) is 3.53. The number of hydrogen-bond donors (Lipinski definition) is 1. The molecule has 1 aliphatic heterocycles. The van der Waals surface area contributed by atoms with Gasteiger partial charge in [0.2, 0.25) is 0 Å². The maximum absolute atomic E-state index is 9.80. The molecule has 0 saturated carbocycles. The first-order chi connectivity index (χ1) is 5.54.